The maximum Gasteiger partial charge on any atom is 0.309 e. The molecule has 162 valence electrons. The SMILES string of the molecule is O=C(O)Cc1csc(SCC(=O)NC[C@H]2CN(Cc3ccc(F)cc3F)CCO2)n1. The largest absolute Gasteiger partial charge is 0.481 e. The lowest BCUT2D eigenvalue weighted by Crippen LogP contribution is -2.47. The normalized spacial score (nSPS) is 17.1. The van der Waals surface area contributed by atoms with Crippen molar-refractivity contribution in [3.63, 3.8) is 0 Å². The molecule has 1 amide bonds. The molecule has 2 heterocycles. The van der Waals surface area contributed by atoms with Gasteiger partial charge in [0.1, 0.15) is 11.6 Å². The summed E-state index contributed by atoms with van der Waals surface area (Å²) in [7, 11) is 0. The van der Waals surface area contributed by atoms with E-state index < -0.39 is 17.6 Å². The Labute approximate surface area is 180 Å². The molecule has 1 aliphatic rings. The summed E-state index contributed by atoms with van der Waals surface area (Å²) >= 11 is 2.55. The maximum atomic E-state index is 13.9. The van der Waals surface area contributed by atoms with Crippen LogP contribution in [-0.2, 0) is 27.3 Å². The number of nitrogens with one attached hydrogen (secondary N) is 1. The standard InChI is InChI=1S/C19H21F2N3O4S2/c20-13-2-1-12(16(21)5-13)8-24-3-4-28-15(9-24)7-22-17(25)11-30-19-23-14(10-29-19)6-18(26)27/h1-2,5,10,15H,3-4,6-9,11H2,(H,22,25)(H,26,27)/t15-/m0/s1. The molecule has 0 unspecified atom stereocenters. The average Bonchev–Trinajstić information content (AvgIpc) is 3.14. The number of hydrogen-bond acceptors (Lipinski definition) is 7. The smallest absolute Gasteiger partial charge is 0.309 e. The van der Waals surface area contributed by atoms with E-state index in [1.54, 1.807) is 5.38 Å². The van der Waals surface area contributed by atoms with Gasteiger partial charge in [-0.15, -0.1) is 11.3 Å². The topological polar surface area (TPSA) is 91.8 Å². The maximum absolute atomic E-state index is 13.9. The van der Waals surface area contributed by atoms with Crippen molar-refractivity contribution in [1.82, 2.24) is 15.2 Å². The molecular formula is C19H21F2N3O4S2. The molecular weight excluding hydrogens is 436 g/mol. The molecule has 0 bridgehead atoms. The summed E-state index contributed by atoms with van der Waals surface area (Å²) in [6.45, 7) is 2.28. The predicted octanol–water partition coefficient (Wildman–Crippen LogP) is 2.16. The van der Waals surface area contributed by atoms with Gasteiger partial charge in [-0.05, 0) is 6.07 Å². The third kappa shape index (κ3) is 7.01. The van der Waals surface area contributed by atoms with Crippen LogP contribution in [0.2, 0.25) is 0 Å². The number of ether oxygens (including phenoxy) is 1. The van der Waals surface area contributed by atoms with Gasteiger partial charge in [0.2, 0.25) is 5.91 Å². The van der Waals surface area contributed by atoms with E-state index in [4.69, 9.17) is 9.84 Å². The molecule has 1 saturated heterocycles. The van der Waals surface area contributed by atoms with Crippen LogP contribution in [0.15, 0.2) is 27.9 Å². The van der Waals surface area contributed by atoms with E-state index in [0.717, 1.165) is 6.07 Å². The van der Waals surface area contributed by atoms with E-state index in [1.807, 2.05) is 4.90 Å². The molecule has 2 N–H and O–H groups in total. The number of aromatic nitrogens is 1. The third-order valence-electron chi connectivity index (χ3n) is 4.35. The molecule has 1 aromatic carbocycles. The number of rotatable bonds is 9. The fourth-order valence-electron chi connectivity index (χ4n) is 2.94. The van der Waals surface area contributed by atoms with Gasteiger partial charge < -0.3 is 15.2 Å². The second-order valence-corrected chi connectivity index (χ2v) is 8.81. The number of aliphatic carboxylic acids is 1. The predicted molar refractivity (Wildman–Crippen MR) is 109 cm³/mol. The van der Waals surface area contributed by atoms with E-state index in [9.17, 15) is 18.4 Å². The summed E-state index contributed by atoms with van der Waals surface area (Å²) in [5.41, 5.74) is 0.895. The van der Waals surface area contributed by atoms with Gasteiger partial charge >= 0.3 is 5.97 Å². The van der Waals surface area contributed by atoms with Crippen molar-refractivity contribution in [2.45, 2.75) is 23.4 Å². The van der Waals surface area contributed by atoms with Crippen LogP contribution in [0.1, 0.15) is 11.3 Å². The Kier molecular flexibility index (Phi) is 8.14. The number of carbonyl (C=O) groups excluding carboxylic acids is 1. The molecule has 1 aromatic heterocycles. The highest BCUT2D eigenvalue weighted by molar-refractivity contribution is 8.01. The number of morpholine rings is 1. The molecule has 7 nitrogen and oxygen atoms in total. The van der Waals surface area contributed by atoms with Gasteiger partial charge in [-0.2, -0.15) is 0 Å². The fourth-order valence-corrected chi connectivity index (χ4v) is 4.61. The molecule has 30 heavy (non-hydrogen) atoms. The number of carbonyl (C=O) groups is 2. The average molecular weight is 458 g/mol. The molecule has 11 heteroatoms. The highest BCUT2D eigenvalue weighted by atomic mass is 32.2. The Morgan fingerprint density at radius 1 is 1.40 bits per heavy atom. The number of nitrogens with zero attached hydrogens (tertiary/aromatic N) is 2. The fraction of sp³-hybridized carbons (Fsp3) is 0.421. The lowest BCUT2D eigenvalue weighted by Gasteiger charge is -2.33. The minimum Gasteiger partial charge on any atom is -0.481 e. The van der Waals surface area contributed by atoms with Gasteiger partial charge in [0, 0.05) is 43.2 Å². The van der Waals surface area contributed by atoms with Crippen LogP contribution in [0.3, 0.4) is 0 Å². The zero-order chi connectivity index (χ0) is 21.5. The van der Waals surface area contributed by atoms with E-state index in [-0.39, 0.29) is 24.2 Å². The molecule has 1 aliphatic heterocycles. The van der Waals surface area contributed by atoms with Crippen molar-refractivity contribution < 1.29 is 28.2 Å². The number of thiazole rings is 1. The summed E-state index contributed by atoms with van der Waals surface area (Å²) in [6, 6.07) is 3.55. The van der Waals surface area contributed by atoms with Crippen molar-refractivity contribution in [2.75, 3.05) is 32.0 Å². The van der Waals surface area contributed by atoms with Crippen LogP contribution in [-0.4, -0.2) is 65.0 Å². The van der Waals surface area contributed by atoms with E-state index >= 15 is 0 Å². The van der Waals surface area contributed by atoms with Crippen LogP contribution in [0.5, 0.6) is 0 Å². The molecule has 0 spiro atoms. The van der Waals surface area contributed by atoms with Gasteiger partial charge in [-0.3, -0.25) is 14.5 Å². The van der Waals surface area contributed by atoms with Gasteiger partial charge in [0.05, 0.1) is 30.6 Å². The van der Waals surface area contributed by atoms with Gasteiger partial charge in [0.15, 0.2) is 4.34 Å². The first-order valence-corrected chi connectivity index (χ1v) is 11.1. The number of hydrogen-bond donors (Lipinski definition) is 2. The minimum absolute atomic E-state index is 0.138. The third-order valence-corrected chi connectivity index (χ3v) is 6.42. The molecule has 0 saturated carbocycles. The number of benzene rings is 1. The van der Waals surface area contributed by atoms with Crippen molar-refractivity contribution in [1.29, 1.82) is 0 Å². The van der Waals surface area contributed by atoms with Gasteiger partial charge in [-0.25, -0.2) is 13.8 Å². The van der Waals surface area contributed by atoms with Crippen LogP contribution in [0.4, 0.5) is 8.78 Å². The van der Waals surface area contributed by atoms with E-state index in [0.29, 0.717) is 48.4 Å². The molecule has 3 rings (SSSR count). The van der Waals surface area contributed by atoms with Crippen LogP contribution in [0, 0.1) is 11.6 Å². The lowest BCUT2D eigenvalue weighted by molar-refractivity contribution is -0.136. The summed E-state index contributed by atoms with van der Waals surface area (Å²) in [4.78, 5) is 28.9. The Morgan fingerprint density at radius 2 is 2.23 bits per heavy atom. The van der Waals surface area contributed by atoms with Gasteiger partial charge in [-0.1, -0.05) is 17.8 Å². The quantitative estimate of drug-likeness (QED) is 0.558. The molecule has 1 fully saturated rings. The summed E-state index contributed by atoms with van der Waals surface area (Å²) < 4.78 is 33.2. The molecule has 0 radical (unpaired) electrons. The first-order valence-electron chi connectivity index (χ1n) is 9.22. The lowest BCUT2D eigenvalue weighted by atomic mass is 10.1. The second-order valence-electron chi connectivity index (χ2n) is 6.73. The van der Waals surface area contributed by atoms with Crippen molar-refractivity contribution in [3.05, 3.63) is 46.5 Å². The second kappa shape index (κ2) is 10.8. The molecule has 0 aliphatic carbocycles. The number of amides is 1. The number of carboxylic acid groups (broad SMARTS) is 1. The van der Waals surface area contributed by atoms with Crippen molar-refractivity contribution in [2.24, 2.45) is 0 Å². The minimum atomic E-state index is -0.946. The zero-order valence-electron chi connectivity index (χ0n) is 16.0. The first kappa shape index (κ1) is 22.6. The Bertz CT molecular complexity index is 896. The number of carboxylic acids is 1. The van der Waals surface area contributed by atoms with Crippen LogP contribution < -0.4 is 5.32 Å². The summed E-state index contributed by atoms with van der Waals surface area (Å²) in [5, 5.41) is 13.2. The van der Waals surface area contributed by atoms with Gasteiger partial charge in [0.25, 0.3) is 0 Å². The Hall–Kier alpha value is -2.08. The van der Waals surface area contributed by atoms with Crippen LogP contribution in [0.25, 0.3) is 0 Å². The highest BCUT2D eigenvalue weighted by Gasteiger charge is 2.22. The Morgan fingerprint density at radius 3 is 3.00 bits per heavy atom. The van der Waals surface area contributed by atoms with Crippen molar-refractivity contribution >= 4 is 35.0 Å². The molecule has 1 atom stereocenters. The number of thioether (sulfide) groups is 1. The van der Waals surface area contributed by atoms with E-state index in [1.165, 1.54) is 35.2 Å². The monoisotopic (exact) mass is 457 g/mol. The van der Waals surface area contributed by atoms with Crippen LogP contribution >= 0.6 is 23.1 Å². The number of halogens is 2. The molecule has 2 aromatic rings. The van der Waals surface area contributed by atoms with E-state index in [2.05, 4.69) is 10.3 Å². The van der Waals surface area contributed by atoms with Crippen molar-refractivity contribution in [3.8, 4) is 0 Å². The summed E-state index contributed by atoms with van der Waals surface area (Å²) in [5.74, 6) is -2.14. The Balaban J connectivity index is 1.40. The highest BCUT2D eigenvalue weighted by Crippen LogP contribution is 2.22. The zero-order valence-corrected chi connectivity index (χ0v) is 17.6. The first-order chi connectivity index (χ1) is 14.4. The summed E-state index contributed by atoms with van der Waals surface area (Å²) in [6.07, 6.45) is -0.362.